The molecule has 8 heteroatoms. The van der Waals surface area contributed by atoms with Crippen molar-refractivity contribution in [1.29, 1.82) is 0 Å². The predicted molar refractivity (Wildman–Crippen MR) is 101 cm³/mol. The lowest BCUT2D eigenvalue weighted by molar-refractivity contribution is -0.0588. The maximum absolute atomic E-state index is 13.7. The molecule has 0 radical (unpaired) electrons. The summed E-state index contributed by atoms with van der Waals surface area (Å²) in [5.41, 5.74) is 0.522. The highest BCUT2D eigenvalue weighted by Gasteiger charge is 2.30. The summed E-state index contributed by atoms with van der Waals surface area (Å²) in [4.78, 5) is 20.0. The smallest absolute Gasteiger partial charge is 0.293 e. The highest BCUT2D eigenvalue weighted by molar-refractivity contribution is 7.13. The highest BCUT2D eigenvalue weighted by atomic mass is 32.1. The molecule has 140 valence electrons. The zero-order valence-corrected chi connectivity index (χ0v) is 15.8. The van der Waals surface area contributed by atoms with Crippen molar-refractivity contribution in [3.8, 4) is 16.4 Å². The third-order valence-electron chi connectivity index (χ3n) is 4.30. The average Bonchev–Trinajstić information content (AvgIpc) is 3.29. The number of benzene rings is 1. The molecule has 6 nitrogen and oxygen atoms in total. The molecule has 4 rings (SSSR count). The van der Waals surface area contributed by atoms with Crippen LogP contribution in [0.1, 0.15) is 24.5 Å². The fourth-order valence-electron chi connectivity index (χ4n) is 3.24. The SMILES string of the molecule is C[C@@H]1CN(C(=O)c2nc(-c3cccs3)n(-c3cccc(F)c3)n2)C[C@@H](C)O1. The Bertz CT molecular complexity index is 947. The van der Waals surface area contributed by atoms with Crippen molar-refractivity contribution in [1.82, 2.24) is 19.7 Å². The van der Waals surface area contributed by atoms with E-state index in [1.807, 2.05) is 31.4 Å². The number of halogens is 1. The van der Waals surface area contributed by atoms with Gasteiger partial charge in [0.2, 0.25) is 5.82 Å². The third-order valence-corrected chi connectivity index (χ3v) is 5.17. The van der Waals surface area contributed by atoms with Crippen LogP contribution in [0.3, 0.4) is 0 Å². The summed E-state index contributed by atoms with van der Waals surface area (Å²) >= 11 is 1.49. The number of ether oxygens (including phenoxy) is 1. The normalized spacial score (nSPS) is 20.0. The molecular formula is C19H19FN4O2S. The van der Waals surface area contributed by atoms with Gasteiger partial charge in [-0.25, -0.2) is 14.1 Å². The molecular weight excluding hydrogens is 367 g/mol. The first-order valence-corrected chi connectivity index (χ1v) is 9.61. The van der Waals surface area contributed by atoms with E-state index in [1.165, 1.54) is 28.2 Å². The molecule has 2 aromatic heterocycles. The molecule has 0 saturated carbocycles. The van der Waals surface area contributed by atoms with Gasteiger partial charge in [-0.15, -0.1) is 16.4 Å². The summed E-state index contributed by atoms with van der Waals surface area (Å²) in [6, 6.07) is 9.89. The fourth-order valence-corrected chi connectivity index (χ4v) is 3.94. The Morgan fingerprint density at radius 1 is 1.22 bits per heavy atom. The molecule has 0 aliphatic carbocycles. The van der Waals surface area contributed by atoms with E-state index in [4.69, 9.17) is 4.74 Å². The first-order chi connectivity index (χ1) is 13.0. The third kappa shape index (κ3) is 3.63. The van der Waals surface area contributed by atoms with Gasteiger partial charge >= 0.3 is 0 Å². The van der Waals surface area contributed by atoms with E-state index in [0.717, 1.165) is 4.88 Å². The lowest BCUT2D eigenvalue weighted by atomic mass is 10.2. The monoisotopic (exact) mass is 386 g/mol. The standard InChI is InChI=1S/C19H19FN4O2S/c1-12-10-23(11-13(2)26-12)19(25)17-21-18(16-7-4-8-27-16)24(22-17)15-6-3-5-14(20)9-15/h3-9,12-13H,10-11H2,1-2H3/t12-,13-/m1/s1. The van der Waals surface area contributed by atoms with E-state index >= 15 is 0 Å². The van der Waals surface area contributed by atoms with E-state index < -0.39 is 0 Å². The summed E-state index contributed by atoms with van der Waals surface area (Å²) in [5.74, 6) is 0.00561. The van der Waals surface area contributed by atoms with Crippen molar-refractivity contribution in [3.05, 3.63) is 53.4 Å². The Kier molecular flexibility index (Phi) is 4.75. The minimum Gasteiger partial charge on any atom is -0.372 e. The fraction of sp³-hybridized carbons (Fsp3) is 0.316. The second-order valence-electron chi connectivity index (χ2n) is 6.60. The zero-order chi connectivity index (χ0) is 19.0. The highest BCUT2D eigenvalue weighted by Crippen LogP contribution is 2.26. The van der Waals surface area contributed by atoms with E-state index in [1.54, 1.807) is 17.0 Å². The van der Waals surface area contributed by atoms with Crippen LogP contribution in [0, 0.1) is 5.82 Å². The summed E-state index contributed by atoms with van der Waals surface area (Å²) < 4.78 is 20.9. The van der Waals surface area contributed by atoms with Gasteiger partial charge in [-0.05, 0) is 43.5 Å². The number of rotatable bonds is 3. The zero-order valence-electron chi connectivity index (χ0n) is 15.0. The molecule has 3 heterocycles. The van der Waals surface area contributed by atoms with Gasteiger partial charge < -0.3 is 9.64 Å². The average molecular weight is 386 g/mol. The van der Waals surface area contributed by atoms with Gasteiger partial charge in [0, 0.05) is 13.1 Å². The van der Waals surface area contributed by atoms with Crippen LogP contribution in [0.2, 0.25) is 0 Å². The van der Waals surface area contributed by atoms with Crippen LogP contribution in [-0.2, 0) is 4.74 Å². The first kappa shape index (κ1) is 17.8. The predicted octanol–water partition coefficient (Wildman–Crippen LogP) is 3.38. The van der Waals surface area contributed by atoms with E-state index in [0.29, 0.717) is 24.6 Å². The van der Waals surface area contributed by atoms with Crippen molar-refractivity contribution in [2.75, 3.05) is 13.1 Å². The van der Waals surface area contributed by atoms with Gasteiger partial charge in [-0.1, -0.05) is 12.1 Å². The number of thiophene rings is 1. The number of carbonyl (C=O) groups is 1. The Morgan fingerprint density at radius 2 is 2.00 bits per heavy atom. The Balaban J connectivity index is 1.74. The summed E-state index contributed by atoms with van der Waals surface area (Å²) in [5, 5.41) is 6.34. The lowest BCUT2D eigenvalue weighted by Gasteiger charge is -2.34. The van der Waals surface area contributed by atoms with E-state index in [9.17, 15) is 9.18 Å². The first-order valence-electron chi connectivity index (χ1n) is 8.73. The molecule has 0 N–H and O–H groups in total. The summed E-state index contributed by atoms with van der Waals surface area (Å²) in [6.07, 6.45) is -0.0838. The molecule has 1 saturated heterocycles. The number of hydrogen-bond donors (Lipinski definition) is 0. The maximum atomic E-state index is 13.7. The molecule has 2 atom stereocenters. The minimum atomic E-state index is -0.371. The number of amides is 1. The van der Waals surface area contributed by atoms with Crippen LogP contribution in [0.4, 0.5) is 4.39 Å². The van der Waals surface area contributed by atoms with Gasteiger partial charge in [0.1, 0.15) is 5.82 Å². The Labute approximate surface area is 160 Å². The molecule has 3 aromatic rings. The van der Waals surface area contributed by atoms with Gasteiger partial charge in [-0.3, -0.25) is 4.79 Å². The molecule has 1 aromatic carbocycles. The number of carbonyl (C=O) groups excluding carboxylic acids is 1. The maximum Gasteiger partial charge on any atom is 0.293 e. The van der Waals surface area contributed by atoms with E-state index in [-0.39, 0.29) is 29.8 Å². The van der Waals surface area contributed by atoms with Crippen molar-refractivity contribution in [2.45, 2.75) is 26.1 Å². The van der Waals surface area contributed by atoms with Gasteiger partial charge in [0.05, 0.1) is 22.8 Å². The van der Waals surface area contributed by atoms with Crippen LogP contribution in [0.25, 0.3) is 16.4 Å². The number of nitrogens with zero attached hydrogens (tertiary/aromatic N) is 4. The van der Waals surface area contributed by atoms with E-state index in [2.05, 4.69) is 10.1 Å². The molecule has 1 fully saturated rings. The van der Waals surface area contributed by atoms with Crippen molar-refractivity contribution in [2.24, 2.45) is 0 Å². The largest absolute Gasteiger partial charge is 0.372 e. The molecule has 1 aliphatic rings. The van der Waals surface area contributed by atoms with Crippen molar-refractivity contribution in [3.63, 3.8) is 0 Å². The number of aromatic nitrogens is 3. The second-order valence-corrected chi connectivity index (χ2v) is 7.54. The molecule has 0 unspecified atom stereocenters. The van der Waals surface area contributed by atoms with Gasteiger partial charge in [0.15, 0.2) is 5.82 Å². The van der Waals surface area contributed by atoms with Crippen LogP contribution in [0.5, 0.6) is 0 Å². The Morgan fingerprint density at radius 3 is 2.67 bits per heavy atom. The quantitative estimate of drug-likeness (QED) is 0.692. The van der Waals surface area contributed by atoms with Crippen molar-refractivity contribution < 1.29 is 13.9 Å². The van der Waals surface area contributed by atoms with Crippen LogP contribution < -0.4 is 0 Å². The second kappa shape index (κ2) is 7.21. The molecule has 27 heavy (non-hydrogen) atoms. The van der Waals surface area contributed by atoms with Crippen LogP contribution in [0.15, 0.2) is 41.8 Å². The van der Waals surface area contributed by atoms with Gasteiger partial charge in [-0.2, -0.15) is 0 Å². The lowest BCUT2D eigenvalue weighted by Crippen LogP contribution is -2.48. The topological polar surface area (TPSA) is 60.2 Å². The van der Waals surface area contributed by atoms with Crippen molar-refractivity contribution >= 4 is 17.2 Å². The summed E-state index contributed by atoms with van der Waals surface area (Å²) in [6.45, 7) is 4.86. The van der Waals surface area contributed by atoms with Gasteiger partial charge in [0.25, 0.3) is 5.91 Å². The number of hydrogen-bond acceptors (Lipinski definition) is 5. The minimum absolute atomic E-state index is 0.0419. The number of morpholine rings is 1. The molecule has 1 aliphatic heterocycles. The van der Waals surface area contributed by atoms with Crippen LogP contribution in [-0.4, -0.2) is 50.9 Å². The molecule has 0 spiro atoms. The Hall–Kier alpha value is -2.58. The molecule has 1 amide bonds. The summed E-state index contributed by atoms with van der Waals surface area (Å²) in [7, 11) is 0. The van der Waals surface area contributed by atoms with Crippen LogP contribution >= 0.6 is 11.3 Å². The molecule has 0 bridgehead atoms.